The normalized spacial score (nSPS) is 27.0. The molecule has 0 radical (unpaired) electrons. The van der Waals surface area contributed by atoms with Gasteiger partial charge in [0.2, 0.25) is 0 Å². The summed E-state index contributed by atoms with van der Waals surface area (Å²) in [7, 11) is 0. The lowest BCUT2D eigenvalue weighted by Gasteiger charge is -2.40. The second-order valence-electron chi connectivity index (χ2n) is 5.52. The van der Waals surface area contributed by atoms with Gasteiger partial charge in [0.1, 0.15) is 0 Å². The van der Waals surface area contributed by atoms with Crippen LogP contribution in [0.15, 0.2) is 48.5 Å². The zero-order valence-electron chi connectivity index (χ0n) is 11.2. The van der Waals surface area contributed by atoms with E-state index in [0.717, 1.165) is 22.3 Å². The van der Waals surface area contributed by atoms with E-state index in [4.69, 9.17) is 0 Å². The molecule has 100 valence electrons. The van der Waals surface area contributed by atoms with E-state index in [0.29, 0.717) is 0 Å². The number of hydrogen-bond donors (Lipinski definition) is 1. The smallest absolute Gasteiger partial charge is 0.255 e. The lowest BCUT2D eigenvalue weighted by molar-refractivity contribution is 0.0258. The first-order valence-electron chi connectivity index (χ1n) is 6.88. The molecule has 20 heavy (non-hydrogen) atoms. The van der Waals surface area contributed by atoms with E-state index in [9.17, 15) is 9.90 Å². The number of benzene rings is 2. The minimum Gasteiger partial charge on any atom is -0.386 e. The number of hydrogen-bond acceptors (Lipinski definition) is 2. The van der Waals surface area contributed by atoms with Gasteiger partial charge in [-0.15, -0.1) is 0 Å². The van der Waals surface area contributed by atoms with Gasteiger partial charge >= 0.3 is 0 Å². The van der Waals surface area contributed by atoms with Gasteiger partial charge in [0, 0.05) is 5.56 Å². The highest BCUT2D eigenvalue weighted by Gasteiger charge is 2.46. The molecule has 0 spiro atoms. The van der Waals surface area contributed by atoms with Crippen LogP contribution in [0.2, 0.25) is 0 Å². The Hall–Kier alpha value is -2.13. The first-order chi connectivity index (χ1) is 9.70. The molecule has 0 saturated heterocycles. The third-order valence-electron chi connectivity index (χ3n) is 4.50. The van der Waals surface area contributed by atoms with Crippen molar-refractivity contribution in [2.45, 2.75) is 25.1 Å². The average Bonchev–Trinajstić information content (AvgIpc) is 2.79. The number of carbonyl (C=O) groups is 1. The molecular weight excluding hydrogens is 250 g/mol. The third-order valence-corrected chi connectivity index (χ3v) is 4.50. The van der Waals surface area contributed by atoms with E-state index in [1.54, 1.807) is 0 Å². The van der Waals surface area contributed by atoms with Crippen LogP contribution >= 0.6 is 0 Å². The van der Waals surface area contributed by atoms with Crippen LogP contribution < -0.4 is 0 Å². The zero-order chi connectivity index (χ0) is 13.9. The summed E-state index contributed by atoms with van der Waals surface area (Å²) in [5, 5.41) is 10.5. The monoisotopic (exact) mass is 265 g/mol. The van der Waals surface area contributed by atoms with Gasteiger partial charge in [0.15, 0.2) is 0 Å². The van der Waals surface area contributed by atoms with Crippen molar-refractivity contribution in [2.75, 3.05) is 0 Å². The highest BCUT2D eigenvalue weighted by Crippen LogP contribution is 2.47. The maximum atomic E-state index is 12.6. The molecule has 3 atom stereocenters. The van der Waals surface area contributed by atoms with Crippen LogP contribution in [0.4, 0.5) is 0 Å². The maximum Gasteiger partial charge on any atom is 0.255 e. The first-order valence-corrected chi connectivity index (χ1v) is 6.88. The fourth-order valence-corrected chi connectivity index (χ4v) is 3.52. The summed E-state index contributed by atoms with van der Waals surface area (Å²) < 4.78 is 0. The molecule has 1 amide bonds. The van der Waals surface area contributed by atoms with Gasteiger partial charge < -0.3 is 10.0 Å². The van der Waals surface area contributed by atoms with Gasteiger partial charge in [-0.2, -0.15) is 0 Å². The molecule has 4 rings (SSSR count). The molecule has 2 heterocycles. The molecule has 2 aromatic carbocycles. The Morgan fingerprint density at radius 3 is 2.30 bits per heavy atom. The number of fused-ring (bicyclic) bond motifs is 5. The van der Waals surface area contributed by atoms with Gasteiger partial charge in [-0.1, -0.05) is 42.5 Å². The Kier molecular flexibility index (Phi) is 2.30. The van der Waals surface area contributed by atoms with Gasteiger partial charge in [-0.25, -0.2) is 0 Å². The fraction of sp³-hybridized carbons (Fsp3) is 0.235. The molecule has 2 aliphatic rings. The SMILES string of the molecule is C[C@H]1[C@@H](O)c2ccccc2[C@@H]2c3ccccc3C(=O)N21. The number of carbonyl (C=O) groups excluding carboxylic acids is 1. The summed E-state index contributed by atoms with van der Waals surface area (Å²) in [6.45, 7) is 1.91. The average molecular weight is 265 g/mol. The Morgan fingerprint density at radius 1 is 0.950 bits per heavy atom. The van der Waals surface area contributed by atoms with Gasteiger partial charge in [0.05, 0.1) is 18.2 Å². The molecule has 3 heteroatoms. The number of aliphatic hydroxyl groups excluding tert-OH is 1. The number of nitrogens with zero attached hydrogens (tertiary/aromatic N) is 1. The largest absolute Gasteiger partial charge is 0.386 e. The van der Waals surface area contributed by atoms with Crippen LogP contribution in [0.5, 0.6) is 0 Å². The van der Waals surface area contributed by atoms with Gasteiger partial charge in [-0.3, -0.25) is 4.79 Å². The van der Waals surface area contributed by atoms with E-state index in [1.807, 2.05) is 60.4 Å². The van der Waals surface area contributed by atoms with E-state index in [2.05, 4.69) is 0 Å². The van der Waals surface area contributed by atoms with Crippen molar-refractivity contribution in [3.8, 4) is 0 Å². The molecule has 3 nitrogen and oxygen atoms in total. The standard InChI is InChI=1S/C17H15NO2/c1-10-16(19)13-8-4-2-6-11(13)15-12-7-3-5-9-14(12)17(20)18(10)15/h2-10,15-16,19H,1H3/t10-,15+,16+/m0/s1. The molecule has 0 fully saturated rings. The van der Waals surface area contributed by atoms with Crippen LogP contribution in [0.3, 0.4) is 0 Å². The number of aliphatic hydroxyl groups is 1. The van der Waals surface area contributed by atoms with E-state index in [1.165, 1.54) is 0 Å². The quantitative estimate of drug-likeness (QED) is 0.795. The lowest BCUT2D eigenvalue weighted by Crippen LogP contribution is -2.44. The molecule has 0 aliphatic carbocycles. The van der Waals surface area contributed by atoms with Crippen molar-refractivity contribution in [1.82, 2.24) is 4.90 Å². The second kappa shape index (κ2) is 3.93. The summed E-state index contributed by atoms with van der Waals surface area (Å²) in [6, 6.07) is 15.3. The molecule has 2 aromatic rings. The minimum atomic E-state index is -0.624. The predicted molar refractivity (Wildman–Crippen MR) is 75.3 cm³/mol. The fourth-order valence-electron chi connectivity index (χ4n) is 3.52. The number of amides is 1. The van der Waals surface area contributed by atoms with E-state index in [-0.39, 0.29) is 18.0 Å². The second-order valence-corrected chi connectivity index (χ2v) is 5.52. The summed E-state index contributed by atoms with van der Waals surface area (Å²) in [5.41, 5.74) is 3.78. The summed E-state index contributed by atoms with van der Waals surface area (Å²) in [5.74, 6) is 0.0200. The Bertz CT molecular complexity index is 710. The van der Waals surface area contributed by atoms with Crippen LogP contribution in [-0.4, -0.2) is 22.0 Å². The lowest BCUT2D eigenvalue weighted by atomic mass is 9.85. The van der Waals surface area contributed by atoms with E-state index >= 15 is 0 Å². The zero-order valence-corrected chi connectivity index (χ0v) is 11.2. The topological polar surface area (TPSA) is 40.5 Å². The van der Waals surface area contributed by atoms with Crippen molar-refractivity contribution in [2.24, 2.45) is 0 Å². The van der Waals surface area contributed by atoms with Crippen LogP contribution in [0, 0.1) is 0 Å². The van der Waals surface area contributed by atoms with Gasteiger partial charge in [0.25, 0.3) is 5.91 Å². The van der Waals surface area contributed by atoms with Crippen LogP contribution in [0.1, 0.15) is 46.1 Å². The predicted octanol–water partition coefficient (Wildman–Crippen LogP) is 2.67. The summed E-state index contributed by atoms with van der Waals surface area (Å²) in [4.78, 5) is 14.4. The molecule has 1 N–H and O–H groups in total. The molecule has 0 saturated carbocycles. The minimum absolute atomic E-state index is 0.0200. The van der Waals surface area contributed by atoms with E-state index < -0.39 is 6.10 Å². The Labute approximate surface area is 117 Å². The van der Waals surface area contributed by atoms with Gasteiger partial charge in [-0.05, 0) is 29.7 Å². The van der Waals surface area contributed by atoms with Crippen molar-refractivity contribution < 1.29 is 9.90 Å². The first kappa shape index (κ1) is 11.7. The van der Waals surface area contributed by atoms with Crippen molar-refractivity contribution in [1.29, 1.82) is 0 Å². The van der Waals surface area contributed by atoms with Crippen LogP contribution in [-0.2, 0) is 0 Å². The maximum absolute atomic E-state index is 12.6. The van der Waals surface area contributed by atoms with Crippen molar-refractivity contribution >= 4 is 5.91 Å². The highest BCUT2D eigenvalue weighted by atomic mass is 16.3. The van der Waals surface area contributed by atoms with Crippen molar-refractivity contribution in [3.05, 3.63) is 70.8 Å². The molecular formula is C17H15NO2. The Morgan fingerprint density at radius 2 is 1.55 bits per heavy atom. The molecule has 2 aliphatic heterocycles. The summed E-state index contributed by atoms with van der Waals surface area (Å²) >= 11 is 0. The summed E-state index contributed by atoms with van der Waals surface area (Å²) in [6.07, 6.45) is -0.624. The molecule has 0 bridgehead atoms. The molecule has 0 aromatic heterocycles. The molecule has 0 unspecified atom stereocenters. The van der Waals surface area contributed by atoms with Crippen LogP contribution in [0.25, 0.3) is 0 Å². The van der Waals surface area contributed by atoms with Crippen molar-refractivity contribution in [3.63, 3.8) is 0 Å². The third kappa shape index (κ3) is 1.30. The number of rotatable bonds is 0. The Balaban J connectivity index is 2.01. The highest BCUT2D eigenvalue weighted by molar-refractivity contribution is 6.00.